The van der Waals surface area contributed by atoms with Crippen molar-refractivity contribution in [2.75, 3.05) is 12.4 Å². The monoisotopic (exact) mass is 265 g/mol. The van der Waals surface area contributed by atoms with Gasteiger partial charge in [0, 0.05) is 11.6 Å². The molecule has 0 aromatic heterocycles. The van der Waals surface area contributed by atoms with Crippen molar-refractivity contribution in [3.63, 3.8) is 0 Å². The van der Waals surface area contributed by atoms with Gasteiger partial charge in [-0.05, 0) is 35.7 Å². The van der Waals surface area contributed by atoms with Gasteiger partial charge in [0.05, 0.1) is 13.2 Å². The van der Waals surface area contributed by atoms with Gasteiger partial charge in [-0.1, -0.05) is 36.4 Å². The Morgan fingerprint density at radius 1 is 1.20 bits per heavy atom. The van der Waals surface area contributed by atoms with Crippen molar-refractivity contribution < 1.29 is 4.74 Å². The molecule has 2 nitrogen and oxygen atoms in total. The Kier molecular flexibility index (Phi) is 3.46. The molecule has 1 N–H and O–H groups in total. The molecular weight excluding hydrogens is 246 g/mol. The lowest BCUT2D eigenvalue weighted by Gasteiger charge is -2.32. The molecule has 0 spiro atoms. The maximum Gasteiger partial charge on any atom is 0.119 e. The Bertz CT molecular complexity index is 606. The quantitative estimate of drug-likeness (QED) is 0.824. The fraction of sp³-hybridized carbons (Fsp3) is 0.222. The third-order valence-electron chi connectivity index (χ3n) is 3.96. The SMILES string of the molecule is C=C[C@H]1C[C@@H](c2ccccc2)Nc2ccc(OC)cc21. The number of fused-ring (bicyclic) bond motifs is 1. The molecule has 1 heterocycles. The third-order valence-corrected chi connectivity index (χ3v) is 3.96. The number of nitrogens with one attached hydrogen (secondary N) is 1. The second-order valence-electron chi connectivity index (χ2n) is 5.14. The minimum atomic E-state index is 0.333. The third kappa shape index (κ3) is 2.29. The lowest BCUT2D eigenvalue weighted by atomic mass is 9.84. The zero-order valence-electron chi connectivity index (χ0n) is 11.7. The normalized spacial score (nSPS) is 20.6. The molecule has 0 saturated heterocycles. The van der Waals surface area contributed by atoms with E-state index in [1.54, 1.807) is 7.11 Å². The Balaban J connectivity index is 1.97. The largest absolute Gasteiger partial charge is 0.497 e. The number of benzene rings is 2. The molecule has 0 amide bonds. The van der Waals surface area contributed by atoms with Crippen molar-refractivity contribution >= 4 is 5.69 Å². The van der Waals surface area contributed by atoms with Gasteiger partial charge in [0.15, 0.2) is 0 Å². The number of ether oxygens (including phenoxy) is 1. The second-order valence-corrected chi connectivity index (χ2v) is 5.14. The fourth-order valence-electron chi connectivity index (χ4n) is 2.86. The molecule has 2 atom stereocenters. The molecule has 0 saturated carbocycles. The van der Waals surface area contributed by atoms with Crippen LogP contribution in [0.15, 0.2) is 61.2 Å². The van der Waals surface area contributed by atoms with Gasteiger partial charge in [0.25, 0.3) is 0 Å². The molecule has 102 valence electrons. The van der Waals surface area contributed by atoms with Crippen molar-refractivity contribution in [1.82, 2.24) is 0 Å². The lowest BCUT2D eigenvalue weighted by Crippen LogP contribution is -2.20. The van der Waals surface area contributed by atoms with E-state index in [0.717, 1.165) is 12.2 Å². The summed E-state index contributed by atoms with van der Waals surface area (Å²) in [4.78, 5) is 0. The molecule has 0 aliphatic carbocycles. The Morgan fingerprint density at radius 3 is 2.70 bits per heavy atom. The van der Waals surface area contributed by atoms with E-state index >= 15 is 0 Å². The summed E-state index contributed by atoms with van der Waals surface area (Å²) in [6.45, 7) is 4.00. The Morgan fingerprint density at radius 2 is 2.00 bits per heavy atom. The van der Waals surface area contributed by atoms with Crippen LogP contribution in [0.25, 0.3) is 0 Å². The fourth-order valence-corrected chi connectivity index (χ4v) is 2.86. The van der Waals surface area contributed by atoms with Crippen LogP contribution in [0.5, 0.6) is 5.75 Å². The van der Waals surface area contributed by atoms with E-state index in [4.69, 9.17) is 4.74 Å². The van der Waals surface area contributed by atoms with Crippen molar-refractivity contribution in [2.45, 2.75) is 18.4 Å². The minimum Gasteiger partial charge on any atom is -0.497 e. The highest BCUT2D eigenvalue weighted by atomic mass is 16.5. The van der Waals surface area contributed by atoms with E-state index in [1.807, 2.05) is 12.1 Å². The molecule has 2 heteroatoms. The number of anilines is 1. The van der Waals surface area contributed by atoms with Gasteiger partial charge in [-0.15, -0.1) is 6.58 Å². The molecule has 2 aromatic carbocycles. The maximum atomic E-state index is 5.32. The Labute approximate surface area is 120 Å². The van der Waals surface area contributed by atoms with Crippen molar-refractivity contribution in [1.29, 1.82) is 0 Å². The molecule has 0 fully saturated rings. The van der Waals surface area contributed by atoms with Gasteiger partial charge in [-0.2, -0.15) is 0 Å². The van der Waals surface area contributed by atoms with Gasteiger partial charge in [-0.3, -0.25) is 0 Å². The lowest BCUT2D eigenvalue weighted by molar-refractivity contribution is 0.413. The van der Waals surface area contributed by atoms with Crippen molar-refractivity contribution in [3.8, 4) is 5.75 Å². The van der Waals surface area contributed by atoms with E-state index in [2.05, 4.69) is 54.4 Å². The number of hydrogen-bond acceptors (Lipinski definition) is 2. The van der Waals surface area contributed by atoms with Crippen molar-refractivity contribution in [2.24, 2.45) is 0 Å². The van der Waals surface area contributed by atoms with Gasteiger partial charge in [0.1, 0.15) is 5.75 Å². The molecule has 0 bridgehead atoms. The van der Waals surface area contributed by atoms with Crippen LogP contribution < -0.4 is 10.1 Å². The van der Waals surface area contributed by atoms with Crippen LogP contribution in [0.2, 0.25) is 0 Å². The summed E-state index contributed by atoms with van der Waals surface area (Å²) in [7, 11) is 1.70. The topological polar surface area (TPSA) is 21.3 Å². The van der Waals surface area contributed by atoms with Crippen LogP contribution in [0.3, 0.4) is 0 Å². The van der Waals surface area contributed by atoms with Gasteiger partial charge >= 0.3 is 0 Å². The van der Waals surface area contributed by atoms with Crippen LogP contribution >= 0.6 is 0 Å². The van der Waals surface area contributed by atoms with Gasteiger partial charge < -0.3 is 10.1 Å². The molecule has 3 rings (SSSR count). The number of hydrogen-bond donors (Lipinski definition) is 1. The van der Waals surface area contributed by atoms with Gasteiger partial charge in [-0.25, -0.2) is 0 Å². The first-order valence-electron chi connectivity index (χ1n) is 6.94. The standard InChI is InChI=1S/C18H19NO/c1-3-13-11-18(14-7-5-4-6-8-14)19-17-10-9-15(20-2)12-16(13)17/h3-10,12-13,18-19H,1,11H2,2H3/t13-,18-/m0/s1. The zero-order chi connectivity index (χ0) is 13.9. The van der Waals surface area contributed by atoms with Crippen LogP contribution in [0, 0.1) is 0 Å². The second kappa shape index (κ2) is 5.41. The molecule has 1 aliphatic heterocycles. The van der Waals surface area contributed by atoms with E-state index in [1.165, 1.54) is 16.8 Å². The van der Waals surface area contributed by atoms with Gasteiger partial charge in [0.2, 0.25) is 0 Å². The molecule has 0 unspecified atom stereocenters. The summed E-state index contributed by atoms with van der Waals surface area (Å²) in [5, 5.41) is 3.63. The van der Waals surface area contributed by atoms with E-state index < -0.39 is 0 Å². The molecule has 1 aliphatic rings. The van der Waals surface area contributed by atoms with Crippen LogP contribution in [-0.4, -0.2) is 7.11 Å². The average Bonchev–Trinajstić information content (AvgIpc) is 2.54. The Hall–Kier alpha value is -2.22. The van der Waals surface area contributed by atoms with E-state index in [9.17, 15) is 0 Å². The minimum absolute atomic E-state index is 0.333. The predicted octanol–water partition coefficient (Wildman–Crippen LogP) is 4.52. The number of rotatable bonds is 3. The summed E-state index contributed by atoms with van der Waals surface area (Å²) < 4.78 is 5.32. The molecular formula is C18H19NO. The van der Waals surface area contributed by atoms with Crippen LogP contribution in [0.4, 0.5) is 5.69 Å². The van der Waals surface area contributed by atoms with Crippen molar-refractivity contribution in [3.05, 3.63) is 72.3 Å². The van der Waals surface area contributed by atoms with E-state index in [0.29, 0.717) is 12.0 Å². The predicted molar refractivity (Wildman–Crippen MR) is 83.4 cm³/mol. The average molecular weight is 265 g/mol. The maximum absolute atomic E-state index is 5.32. The zero-order valence-corrected chi connectivity index (χ0v) is 11.7. The summed E-state index contributed by atoms with van der Waals surface area (Å²) in [5.74, 6) is 1.25. The summed E-state index contributed by atoms with van der Waals surface area (Å²) in [6, 6.07) is 17.1. The molecule has 2 aromatic rings. The summed E-state index contributed by atoms with van der Waals surface area (Å²) in [6.07, 6.45) is 3.06. The van der Waals surface area contributed by atoms with E-state index in [-0.39, 0.29) is 0 Å². The molecule has 20 heavy (non-hydrogen) atoms. The first kappa shape index (κ1) is 12.8. The first-order valence-corrected chi connectivity index (χ1v) is 6.94. The summed E-state index contributed by atoms with van der Waals surface area (Å²) >= 11 is 0. The van der Waals surface area contributed by atoms with Crippen LogP contribution in [-0.2, 0) is 0 Å². The number of allylic oxidation sites excluding steroid dienone is 1. The van der Waals surface area contributed by atoms with Crippen LogP contribution in [0.1, 0.15) is 29.5 Å². The highest BCUT2D eigenvalue weighted by Crippen LogP contribution is 2.41. The molecule has 0 radical (unpaired) electrons. The smallest absolute Gasteiger partial charge is 0.119 e. The highest BCUT2D eigenvalue weighted by molar-refractivity contribution is 5.60. The highest BCUT2D eigenvalue weighted by Gasteiger charge is 2.25. The first-order chi connectivity index (χ1) is 9.81. The number of methoxy groups -OCH3 is 1. The summed E-state index contributed by atoms with van der Waals surface area (Å²) in [5.41, 5.74) is 3.77.